The minimum atomic E-state index is -4.71. The molecular formula is C12H11F4NO2S. The molecule has 2 rings (SSSR count). The average Bonchev–Trinajstić information content (AvgIpc) is 2.26. The summed E-state index contributed by atoms with van der Waals surface area (Å²) in [6.45, 7) is 0. The summed E-state index contributed by atoms with van der Waals surface area (Å²) < 4.78 is 50.7. The SMILES string of the molecule is O=C(O)NC1CC(Sc2ccc(F)c(C(F)(F)F)c2)C1. The van der Waals surface area contributed by atoms with Crippen LogP contribution in [0.1, 0.15) is 18.4 Å². The van der Waals surface area contributed by atoms with Gasteiger partial charge < -0.3 is 10.4 Å². The number of nitrogens with one attached hydrogen (secondary N) is 1. The van der Waals surface area contributed by atoms with Crippen molar-refractivity contribution in [1.29, 1.82) is 0 Å². The maximum atomic E-state index is 13.1. The van der Waals surface area contributed by atoms with Crippen LogP contribution in [0.2, 0.25) is 0 Å². The molecule has 1 aromatic carbocycles. The second kappa shape index (κ2) is 5.51. The highest BCUT2D eigenvalue weighted by atomic mass is 32.2. The Balaban J connectivity index is 1.97. The van der Waals surface area contributed by atoms with E-state index >= 15 is 0 Å². The van der Waals surface area contributed by atoms with E-state index in [-0.39, 0.29) is 11.3 Å². The zero-order valence-corrected chi connectivity index (χ0v) is 10.9. The summed E-state index contributed by atoms with van der Waals surface area (Å²) in [5.41, 5.74) is -1.28. The molecule has 0 heterocycles. The van der Waals surface area contributed by atoms with Crippen molar-refractivity contribution in [3.8, 4) is 0 Å². The monoisotopic (exact) mass is 309 g/mol. The van der Waals surface area contributed by atoms with E-state index in [4.69, 9.17) is 5.11 Å². The van der Waals surface area contributed by atoms with Crippen LogP contribution in [0.5, 0.6) is 0 Å². The van der Waals surface area contributed by atoms with E-state index in [2.05, 4.69) is 5.32 Å². The lowest BCUT2D eigenvalue weighted by atomic mass is 9.92. The van der Waals surface area contributed by atoms with Gasteiger partial charge in [-0.05, 0) is 31.0 Å². The largest absolute Gasteiger partial charge is 0.465 e. The molecule has 0 aromatic heterocycles. The van der Waals surface area contributed by atoms with Gasteiger partial charge >= 0.3 is 12.3 Å². The molecule has 0 unspecified atom stereocenters. The molecule has 1 saturated carbocycles. The molecule has 0 radical (unpaired) electrons. The molecule has 110 valence electrons. The molecule has 8 heteroatoms. The summed E-state index contributed by atoms with van der Waals surface area (Å²) in [7, 11) is 0. The number of carbonyl (C=O) groups is 1. The van der Waals surface area contributed by atoms with Crippen LogP contribution in [-0.4, -0.2) is 22.5 Å². The third-order valence-electron chi connectivity index (χ3n) is 2.97. The molecule has 2 N–H and O–H groups in total. The summed E-state index contributed by atoms with van der Waals surface area (Å²) in [5, 5.41) is 10.8. The third kappa shape index (κ3) is 3.56. The summed E-state index contributed by atoms with van der Waals surface area (Å²) in [6.07, 6.45) is -4.72. The van der Waals surface area contributed by atoms with Crippen LogP contribution in [0.3, 0.4) is 0 Å². The highest BCUT2D eigenvalue weighted by Crippen LogP contribution is 2.39. The molecule has 0 aliphatic heterocycles. The van der Waals surface area contributed by atoms with Crippen LogP contribution >= 0.6 is 11.8 Å². The first kappa shape index (κ1) is 15.0. The van der Waals surface area contributed by atoms with E-state index in [1.54, 1.807) is 0 Å². The van der Waals surface area contributed by atoms with Gasteiger partial charge in [0.2, 0.25) is 0 Å². The second-order valence-corrected chi connectivity index (χ2v) is 5.87. The lowest BCUT2D eigenvalue weighted by Gasteiger charge is -2.34. The van der Waals surface area contributed by atoms with Gasteiger partial charge in [0.05, 0.1) is 5.56 Å². The number of alkyl halides is 3. The van der Waals surface area contributed by atoms with Gasteiger partial charge in [-0.2, -0.15) is 13.2 Å². The molecule has 1 aliphatic rings. The fourth-order valence-corrected chi connectivity index (χ4v) is 3.32. The van der Waals surface area contributed by atoms with E-state index in [1.807, 2.05) is 0 Å². The number of carboxylic acid groups (broad SMARTS) is 1. The number of hydrogen-bond acceptors (Lipinski definition) is 2. The van der Waals surface area contributed by atoms with Gasteiger partial charge in [0.25, 0.3) is 0 Å². The van der Waals surface area contributed by atoms with Gasteiger partial charge in [-0.15, -0.1) is 11.8 Å². The fraction of sp³-hybridized carbons (Fsp3) is 0.417. The van der Waals surface area contributed by atoms with Gasteiger partial charge in [0.1, 0.15) is 5.82 Å². The molecule has 1 aromatic rings. The van der Waals surface area contributed by atoms with Crippen molar-refractivity contribution in [1.82, 2.24) is 5.32 Å². The van der Waals surface area contributed by atoms with Crippen LogP contribution in [0.15, 0.2) is 23.1 Å². The predicted molar refractivity (Wildman–Crippen MR) is 65.2 cm³/mol. The number of benzene rings is 1. The van der Waals surface area contributed by atoms with Gasteiger partial charge in [0, 0.05) is 16.2 Å². The van der Waals surface area contributed by atoms with Crippen molar-refractivity contribution < 1.29 is 27.5 Å². The molecule has 0 atom stereocenters. The molecule has 1 fully saturated rings. The normalized spacial score (nSPS) is 22.2. The average molecular weight is 309 g/mol. The van der Waals surface area contributed by atoms with Crippen LogP contribution < -0.4 is 5.32 Å². The lowest BCUT2D eigenvalue weighted by Crippen LogP contribution is -2.45. The minimum Gasteiger partial charge on any atom is -0.465 e. The van der Waals surface area contributed by atoms with Crippen molar-refractivity contribution in [2.75, 3.05) is 0 Å². The molecule has 1 aliphatic carbocycles. The summed E-state index contributed by atoms with van der Waals surface area (Å²) in [4.78, 5) is 10.7. The first-order valence-electron chi connectivity index (χ1n) is 5.78. The Hall–Kier alpha value is -1.44. The smallest absolute Gasteiger partial charge is 0.419 e. The molecule has 0 spiro atoms. The zero-order chi connectivity index (χ0) is 14.9. The van der Waals surface area contributed by atoms with Crippen molar-refractivity contribution in [3.05, 3.63) is 29.6 Å². The summed E-state index contributed by atoms with van der Waals surface area (Å²) in [5.74, 6) is -1.29. The van der Waals surface area contributed by atoms with Crippen LogP contribution in [0, 0.1) is 5.82 Å². The standard InChI is InChI=1S/C12H11F4NO2S/c13-10-2-1-7(5-9(10)12(14,15)16)20-8-3-6(4-8)17-11(18)19/h1-2,5-6,8,17H,3-4H2,(H,18,19). The number of rotatable bonds is 3. The predicted octanol–water partition coefficient (Wildman–Crippen LogP) is 3.74. The van der Waals surface area contributed by atoms with E-state index < -0.39 is 23.7 Å². The first-order valence-corrected chi connectivity index (χ1v) is 6.66. The Morgan fingerprint density at radius 1 is 1.35 bits per heavy atom. The number of hydrogen-bond donors (Lipinski definition) is 2. The fourth-order valence-electron chi connectivity index (χ4n) is 1.94. The molecule has 3 nitrogen and oxygen atoms in total. The zero-order valence-electron chi connectivity index (χ0n) is 10.1. The van der Waals surface area contributed by atoms with Crippen LogP contribution in [0.4, 0.5) is 22.4 Å². The van der Waals surface area contributed by atoms with E-state index in [0.717, 1.165) is 12.1 Å². The summed E-state index contributed by atoms with van der Waals surface area (Å²) >= 11 is 1.20. The molecule has 1 amide bonds. The third-order valence-corrected chi connectivity index (χ3v) is 4.21. The summed E-state index contributed by atoms with van der Waals surface area (Å²) in [6, 6.07) is 2.73. The Bertz CT molecular complexity index is 515. The Labute approximate surface area is 116 Å². The van der Waals surface area contributed by atoms with Crippen molar-refractivity contribution >= 4 is 17.9 Å². The maximum absolute atomic E-state index is 13.1. The number of halogens is 4. The van der Waals surface area contributed by atoms with Crippen molar-refractivity contribution in [3.63, 3.8) is 0 Å². The lowest BCUT2D eigenvalue weighted by molar-refractivity contribution is -0.140. The van der Waals surface area contributed by atoms with Crippen LogP contribution in [-0.2, 0) is 6.18 Å². The topological polar surface area (TPSA) is 49.3 Å². The minimum absolute atomic E-state index is 0.0402. The van der Waals surface area contributed by atoms with E-state index in [0.29, 0.717) is 17.7 Å². The number of thioether (sulfide) groups is 1. The van der Waals surface area contributed by atoms with Crippen LogP contribution in [0.25, 0.3) is 0 Å². The van der Waals surface area contributed by atoms with Gasteiger partial charge in [0.15, 0.2) is 0 Å². The Morgan fingerprint density at radius 3 is 2.55 bits per heavy atom. The highest BCUT2D eigenvalue weighted by molar-refractivity contribution is 8.00. The number of amides is 1. The Kier molecular flexibility index (Phi) is 4.12. The molecule has 20 heavy (non-hydrogen) atoms. The quantitative estimate of drug-likeness (QED) is 0.836. The van der Waals surface area contributed by atoms with Gasteiger partial charge in [-0.1, -0.05) is 0 Å². The second-order valence-electron chi connectivity index (χ2n) is 4.50. The Morgan fingerprint density at radius 2 is 2.00 bits per heavy atom. The highest BCUT2D eigenvalue weighted by Gasteiger charge is 2.35. The van der Waals surface area contributed by atoms with E-state index in [1.165, 1.54) is 17.8 Å². The molecule has 0 saturated heterocycles. The van der Waals surface area contributed by atoms with Gasteiger partial charge in [-0.3, -0.25) is 0 Å². The van der Waals surface area contributed by atoms with E-state index in [9.17, 15) is 22.4 Å². The molecule has 0 bridgehead atoms. The molecular weight excluding hydrogens is 298 g/mol. The van der Waals surface area contributed by atoms with Gasteiger partial charge in [-0.25, -0.2) is 9.18 Å². The van der Waals surface area contributed by atoms with Crippen molar-refractivity contribution in [2.24, 2.45) is 0 Å². The first-order chi connectivity index (χ1) is 9.25. The maximum Gasteiger partial charge on any atom is 0.419 e. The van der Waals surface area contributed by atoms with Crippen molar-refractivity contribution in [2.45, 2.75) is 35.2 Å².